The zero-order chi connectivity index (χ0) is 8.27. The van der Waals surface area contributed by atoms with Gasteiger partial charge >= 0.3 is 0 Å². The molecule has 0 atom stereocenters. The molecule has 0 saturated carbocycles. The first-order valence-corrected chi connectivity index (χ1v) is 3.15. The zero-order valence-electron chi connectivity index (χ0n) is 5.82. The maximum Gasteiger partial charge on any atom is 0.150 e. The summed E-state index contributed by atoms with van der Waals surface area (Å²) in [5.74, 6) is -0.00125. The molecule has 1 aromatic rings. The highest BCUT2D eigenvalue weighted by molar-refractivity contribution is 5.75. The van der Waals surface area contributed by atoms with Crippen LogP contribution in [-0.2, 0) is 6.61 Å². The van der Waals surface area contributed by atoms with Gasteiger partial charge in [0.15, 0.2) is 0 Å². The molecular formula is C8H8O3. The first-order valence-electron chi connectivity index (χ1n) is 3.15. The van der Waals surface area contributed by atoms with Gasteiger partial charge in [0.1, 0.15) is 12.0 Å². The third-order valence-electron chi connectivity index (χ3n) is 1.32. The summed E-state index contributed by atoms with van der Waals surface area (Å²) < 4.78 is 0. The van der Waals surface area contributed by atoms with E-state index in [4.69, 9.17) is 10.2 Å². The van der Waals surface area contributed by atoms with Crippen molar-refractivity contribution in [1.82, 2.24) is 0 Å². The van der Waals surface area contributed by atoms with Gasteiger partial charge in [0.25, 0.3) is 0 Å². The highest BCUT2D eigenvalue weighted by atomic mass is 16.3. The number of aliphatic hydroxyl groups is 1. The molecule has 0 bridgehead atoms. The molecule has 3 nitrogen and oxygen atoms in total. The molecule has 0 amide bonds. The standard InChI is InChI=1S/C8H8O3/c9-4-6-1-7(5-10)3-8(11)2-6/h1-4,10-11H,5H2. The van der Waals surface area contributed by atoms with Crippen LogP contribution in [-0.4, -0.2) is 16.5 Å². The fraction of sp³-hybridized carbons (Fsp3) is 0.125. The molecule has 1 aromatic carbocycles. The Labute approximate surface area is 63.9 Å². The number of aromatic hydroxyl groups is 1. The Hall–Kier alpha value is -1.35. The smallest absolute Gasteiger partial charge is 0.150 e. The van der Waals surface area contributed by atoms with Gasteiger partial charge in [0.05, 0.1) is 6.61 Å². The lowest BCUT2D eigenvalue weighted by atomic mass is 10.1. The van der Waals surface area contributed by atoms with Gasteiger partial charge in [-0.05, 0) is 23.8 Å². The van der Waals surface area contributed by atoms with E-state index in [2.05, 4.69) is 0 Å². The molecule has 0 saturated heterocycles. The van der Waals surface area contributed by atoms with Crippen LogP contribution in [0.4, 0.5) is 0 Å². The van der Waals surface area contributed by atoms with E-state index in [-0.39, 0.29) is 12.4 Å². The Morgan fingerprint density at radius 2 is 2.09 bits per heavy atom. The second kappa shape index (κ2) is 3.16. The van der Waals surface area contributed by atoms with Gasteiger partial charge in [0.2, 0.25) is 0 Å². The fourth-order valence-electron chi connectivity index (χ4n) is 0.859. The number of hydrogen-bond acceptors (Lipinski definition) is 3. The van der Waals surface area contributed by atoms with Crippen molar-refractivity contribution in [2.24, 2.45) is 0 Å². The van der Waals surface area contributed by atoms with Crippen molar-refractivity contribution in [1.29, 1.82) is 0 Å². The van der Waals surface area contributed by atoms with Crippen molar-refractivity contribution in [3.05, 3.63) is 29.3 Å². The Bertz CT molecular complexity index is 268. The van der Waals surface area contributed by atoms with Crippen molar-refractivity contribution in [2.45, 2.75) is 6.61 Å². The predicted molar refractivity (Wildman–Crippen MR) is 39.4 cm³/mol. The molecule has 0 heterocycles. The van der Waals surface area contributed by atoms with Crippen LogP contribution in [0, 0.1) is 0 Å². The minimum absolute atomic E-state index is 0.00125. The molecule has 0 radical (unpaired) electrons. The summed E-state index contributed by atoms with van der Waals surface area (Å²) in [5, 5.41) is 17.6. The van der Waals surface area contributed by atoms with E-state index in [9.17, 15) is 4.79 Å². The summed E-state index contributed by atoms with van der Waals surface area (Å²) in [7, 11) is 0. The lowest BCUT2D eigenvalue weighted by Crippen LogP contribution is -1.86. The van der Waals surface area contributed by atoms with E-state index >= 15 is 0 Å². The van der Waals surface area contributed by atoms with Crippen LogP contribution in [0.2, 0.25) is 0 Å². The lowest BCUT2D eigenvalue weighted by Gasteiger charge is -1.98. The lowest BCUT2D eigenvalue weighted by molar-refractivity contribution is 0.112. The van der Waals surface area contributed by atoms with Crippen LogP contribution in [0.1, 0.15) is 15.9 Å². The van der Waals surface area contributed by atoms with Gasteiger partial charge in [-0.2, -0.15) is 0 Å². The van der Waals surface area contributed by atoms with E-state index in [1.165, 1.54) is 18.2 Å². The molecule has 0 aliphatic heterocycles. The molecular weight excluding hydrogens is 144 g/mol. The van der Waals surface area contributed by atoms with Crippen LogP contribution < -0.4 is 0 Å². The van der Waals surface area contributed by atoms with Crippen LogP contribution in [0.3, 0.4) is 0 Å². The average Bonchev–Trinajstić information content (AvgIpc) is 2.03. The number of carbonyl (C=O) groups excluding carboxylic acids is 1. The van der Waals surface area contributed by atoms with Gasteiger partial charge < -0.3 is 10.2 Å². The second-order valence-electron chi connectivity index (χ2n) is 2.21. The summed E-state index contributed by atoms with van der Waals surface area (Å²) in [5.41, 5.74) is 0.904. The van der Waals surface area contributed by atoms with E-state index in [0.717, 1.165) is 0 Å². The van der Waals surface area contributed by atoms with Crippen molar-refractivity contribution in [3.63, 3.8) is 0 Å². The largest absolute Gasteiger partial charge is 0.508 e. The Balaban J connectivity index is 3.11. The fourth-order valence-corrected chi connectivity index (χ4v) is 0.859. The molecule has 0 aliphatic rings. The number of carbonyl (C=O) groups is 1. The molecule has 1 rings (SSSR count). The summed E-state index contributed by atoms with van der Waals surface area (Å²) in [6, 6.07) is 4.27. The first kappa shape index (κ1) is 7.75. The Morgan fingerprint density at radius 1 is 1.36 bits per heavy atom. The molecule has 0 fully saturated rings. The van der Waals surface area contributed by atoms with Gasteiger partial charge in [-0.1, -0.05) is 0 Å². The van der Waals surface area contributed by atoms with Crippen molar-refractivity contribution in [2.75, 3.05) is 0 Å². The summed E-state index contributed by atoms with van der Waals surface area (Å²) in [4.78, 5) is 10.2. The number of aliphatic hydroxyl groups excluding tert-OH is 1. The topological polar surface area (TPSA) is 57.5 Å². The number of aldehydes is 1. The Kier molecular flexibility index (Phi) is 2.23. The maximum absolute atomic E-state index is 10.2. The summed E-state index contributed by atoms with van der Waals surface area (Å²) >= 11 is 0. The van der Waals surface area contributed by atoms with E-state index in [1.54, 1.807) is 0 Å². The van der Waals surface area contributed by atoms with E-state index < -0.39 is 0 Å². The van der Waals surface area contributed by atoms with Gasteiger partial charge in [-0.15, -0.1) is 0 Å². The number of rotatable bonds is 2. The highest BCUT2D eigenvalue weighted by Crippen LogP contribution is 2.13. The zero-order valence-corrected chi connectivity index (χ0v) is 5.82. The third kappa shape index (κ3) is 1.78. The van der Waals surface area contributed by atoms with Crippen molar-refractivity contribution in [3.8, 4) is 5.75 Å². The Morgan fingerprint density at radius 3 is 2.64 bits per heavy atom. The van der Waals surface area contributed by atoms with E-state index in [1.807, 2.05) is 0 Å². The van der Waals surface area contributed by atoms with Gasteiger partial charge in [0, 0.05) is 5.56 Å². The van der Waals surface area contributed by atoms with E-state index in [0.29, 0.717) is 17.4 Å². The normalized spacial score (nSPS) is 9.55. The SMILES string of the molecule is O=Cc1cc(O)cc(CO)c1. The minimum atomic E-state index is -0.171. The summed E-state index contributed by atoms with van der Waals surface area (Å²) in [6.45, 7) is -0.171. The number of phenols is 1. The summed E-state index contributed by atoms with van der Waals surface area (Å²) in [6.07, 6.45) is 0.624. The molecule has 3 heteroatoms. The van der Waals surface area contributed by atoms with Crippen LogP contribution in [0.5, 0.6) is 5.75 Å². The van der Waals surface area contributed by atoms with Crippen LogP contribution >= 0.6 is 0 Å². The number of phenolic OH excluding ortho intramolecular Hbond substituents is 1. The van der Waals surface area contributed by atoms with Gasteiger partial charge in [-0.3, -0.25) is 4.79 Å². The first-order chi connectivity index (χ1) is 5.26. The molecule has 0 aromatic heterocycles. The highest BCUT2D eigenvalue weighted by Gasteiger charge is 1.97. The minimum Gasteiger partial charge on any atom is -0.508 e. The monoisotopic (exact) mass is 152 g/mol. The molecule has 58 valence electrons. The van der Waals surface area contributed by atoms with Crippen molar-refractivity contribution < 1.29 is 15.0 Å². The van der Waals surface area contributed by atoms with Gasteiger partial charge in [-0.25, -0.2) is 0 Å². The molecule has 0 spiro atoms. The third-order valence-corrected chi connectivity index (χ3v) is 1.32. The molecule has 0 aliphatic carbocycles. The quantitative estimate of drug-likeness (QED) is 0.613. The second-order valence-corrected chi connectivity index (χ2v) is 2.21. The maximum atomic E-state index is 10.2. The molecule has 11 heavy (non-hydrogen) atoms. The van der Waals surface area contributed by atoms with Crippen molar-refractivity contribution >= 4 is 6.29 Å². The predicted octanol–water partition coefficient (Wildman–Crippen LogP) is 0.697. The van der Waals surface area contributed by atoms with Crippen LogP contribution in [0.25, 0.3) is 0 Å². The number of benzene rings is 1. The average molecular weight is 152 g/mol. The van der Waals surface area contributed by atoms with Crippen LogP contribution in [0.15, 0.2) is 18.2 Å². The number of hydrogen-bond donors (Lipinski definition) is 2. The molecule has 0 unspecified atom stereocenters. The molecule has 2 N–H and O–H groups in total.